The summed E-state index contributed by atoms with van der Waals surface area (Å²) in [7, 11) is 4.25. The van der Waals surface area contributed by atoms with Gasteiger partial charge in [-0.1, -0.05) is 60.7 Å². The van der Waals surface area contributed by atoms with Crippen molar-refractivity contribution in [2.24, 2.45) is 0 Å². The molecule has 118 valence electrons. The van der Waals surface area contributed by atoms with E-state index in [0.717, 1.165) is 24.3 Å². The third-order valence-electron chi connectivity index (χ3n) is 4.05. The Morgan fingerprint density at radius 3 is 2.22 bits per heavy atom. The van der Waals surface area contributed by atoms with E-state index in [2.05, 4.69) is 67.5 Å². The number of nitrogens with zero attached hydrogens (tertiary/aromatic N) is 1. The molecular weight excluding hydrogens is 282 g/mol. The van der Waals surface area contributed by atoms with Crippen molar-refractivity contribution in [3.8, 4) is 11.3 Å². The minimum absolute atomic E-state index is 0.465. The molecule has 0 radical (unpaired) electrons. The summed E-state index contributed by atoms with van der Waals surface area (Å²) in [6.07, 6.45) is 2.88. The number of hydrogen-bond acceptors (Lipinski definition) is 2. The fraction of sp³-hybridized carbons (Fsp3) is 0.238. The van der Waals surface area contributed by atoms with Gasteiger partial charge in [0.15, 0.2) is 0 Å². The number of rotatable bonds is 6. The highest BCUT2D eigenvalue weighted by Crippen LogP contribution is 2.26. The Labute approximate surface area is 138 Å². The third-order valence-corrected chi connectivity index (χ3v) is 4.05. The predicted octanol–water partition coefficient (Wildman–Crippen LogP) is 4.83. The molecule has 0 aliphatic heterocycles. The van der Waals surface area contributed by atoms with E-state index in [1.54, 1.807) is 0 Å². The van der Waals surface area contributed by atoms with Gasteiger partial charge in [0, 0.05) is 18.0 Å². The summed E-state index contributed by atoms with van der Waals surface area (Å²) in [6, 6.07) is 23.2. The first-order chi connectivity index (χ1) is 11.2. The standard InChI is InChI=1S/C21H23NO/c1-22(2)15-20(18-9-5-3-6-10-18)13-17-14-21(23-16-17)19-11-7-4-8-12-19/h3-12,14,16,20H,13,15H2,1-2H3. The lowest BCUT2D eigenvalue weighted by Crippen LogP contribution is -2.21. The van der Waals surface area contributed by atoms with Gasteiger partial charge < -0.3 is 9.32 Å². The first-order valence-corrected chi connectivity index (χ1v) is 8.05. The molecule has 2 aromatic carbocycles. The average Bonchev–Trinajstić information content (AvgIpc) is 3.04. The highest BCUT2D eigenvalue weighted by atomic mass is 16.3. The van der Waals surface area contributed by atoms with Gasteiger partial charge in [0.05, 0.1) is 6.26 Å². The Balaban J connectivity index is 1.79. The van der Waals surface area contributed by atoms with Gasteiger partial charge in [-0.15, -0.1) is 0 Å². The molecule has 0 aliphatic carbocycles. The van der Waals surface area contributed by atoms with Crippen LogP contribution in [0.5, 0.6) is 0 Å². The highest BCUT2D eigenvalue weighted by Gasteiger charge is 2.15. The molecule has 0 spiro atoms. The molecule has 2 nitrogen and oxygen atoms in total. The third kappa shape index (κ3) is 4.11. The van der Waals surface area contributed by atoms with Gasteiger partial charge in [-0.25, -0.2) is 0 Å². The summed E-state index contributed by atoms with van der Waals surface area (Å²) in [5.41, 5.74) is 3.76. The smallest absolute Gasteiger partial charge is 0.134 e. The topological polar surface area (TPSA) is 16.4 Å². The van der Waals surface area contributed by atoms with Crippen LogP contribution in [0.15, 0.2) is 77.4 Å². The molecule has 0 amide bonds. The van der Waals surface area contributed by atoms with E-state index >= 15 is 0 Å². The molecule has 0 saturated heterocycles. The second kappa shape index (κ2) is 7.30. The highest BCUT2D eigenvalue weighted by molar-refractivity contribution is 5.57. The molecule has 1 aromatic heterocycles. The van der Waals surface area contributed by atoms with Crippen molar-refractivity contribution >= 4 is 0 Å². The van der Waals surface area contributed by atoms with Crippen LogP contribution in [0, 0.1) is 0 Å². The molecule has 3 aromatic rings. The molecule has 0 aliphatic rings. The van der Waals surface area contributed by atoms with E-state index in [0.29, 0.717) is 5.92 Å². The van der Waals surface area contributed by atoms with E-state index in [9.17, 15) is 0 Å². The van der Waals surface area contributed by atoms with Gasteiger partial charge in [0.2, 0.25) is 0 Å². The molecule has 23 heavy (non-hydrogen) atoms. The Bertz CT molecular complexity index is 716. The van der Waals surface area contributed by atoms with Crippen LogP contribution in [0.2, 0.25) is 0 Å². The van der Waals surface area contributed by atoms with Crippen LogP contribution < -0.4 is 0 Å². The molecule has 0 fully saturated rings. The lowest BCUT2D eigenvalue weighted by atomic mass is 9.92. The van der Waals surface area contributed by atoms with Crippen LogP contribution in [0.3, 0.4) is 0 Å². The molecule has 3 rings (SSSR count). The Kier molecular flexibility index (Phi) is 4.94. The van der Waals surface area contributed by atoms with Gasteiger partial charge in [-0.2, -0.15) is 0 Å². The van der Waals surface area contributed by atoms with Gasteiger partial charge in [0.1, 0.15) is 5.76 Å². The van der Waals surface area contributed by atoms with Crippen LogP contribution in [-0.4, -0.2) is 25.5 Å². The lowest BCUT2D eigenvalue weighted by Gasteiger charge is -2.21. The van der Waals surface area contributed by atoms with Crippen molar-refractivity contribution in [2.45, 2.75) is 12.3 Å². The van der Waals surface area contributed by atoms with Crippen molar-refractivity contribution in [2.75, 3.05) is 20.6 Å². The second-order valence-electron chi connectivity index (χ2n) is 6.26. The summed E-state index contributed by atoms with van der Waals surface area (Å²) in [5, 5.41) is 0. The first kappa shape index (κ1) is 15.6. The number of benzene rings is 2. The SMILES string of the molecule is CN(C)CC(Cc1coc(-c2ccccc2)c1)c1ccccc1. The van der Waals surface area contributed by atoms with Crippen molar-refractivity contribution in [1.82, 2.24) is 4.90 Å². The largest absolute Gasteiger partial charge is 0.464 e. The monoisotopic (exact) mass is 305 g/mol. The normalized spacial score (nSPS) is 12.5. The maximum atomic E-state index is 5.78. The van der Waals surface area contributed by atoms with Gasteiger partial charge in [0.25, 0.3) is 0 Å². The van der Waals surface area contributed by atoms with E-state index in [4.69, 9.17) is 4.42 Å². The Hall–Kier alpha value is -2.32. The quantitative estimate of drug-likeness (QED) is 0.648. The maximum absolute atomic E-state index is 5.78. The molecular formula is C21H23NO. The fourth-order valence-corrected chi connectivity index (χ4v) is 2.97. The molecule has 1 heterocycles. The summed E-state index contributed by atoms with van der Waals surface area (Å²) in [5.74, 6) is 1.41. The minimum atomic E-state index is 0.465. The molecule has 1 unspecified atom stereocenters. The van der Waals surface area contributed by atoms with Gasteiger partial charge in [-0.3, -0.25) is 0 Å². The summed E-state index contributed by atoms with van der Waals surface area (Å²) < 4.78 is 5.78. The van der Waals surface area contributed by atoms with Crippen molar-refractivity contribution in [1.29, 1.82) is 0 Å². The van der Waals surface area contributed by atoms with Crippen LogP contribution in [0.25, 0.3) is 11.3 Å². The Morgan fingerprint density at radius 1 is 0.913 bits per heavy atom. The zero-order chi connectivity index (χ0) is 16.1. The predicted molar refractivity (Wildman–Crippen MR) is 95.6 cm³/mol. The van der Waals surface area contributed by atoms with Crippen molar-refractivity contribution in [3.05, 3.63) is 84.1 Å². The average molecular weight is 305 g/mol. The number of hydrogen-bond donors (Lipinski definition) is 0. The molecule has 0 N–H and O–H groups in total. The Morgan fingerprint density at radius 2 is 1.57 bits per heavy atom. The van der Waals surface area contributed by atoms with Crippen LogP contribution >= 0.6 is 0 Å². The van der Waals surface area contributed by atoms with E-state index in [-0.39, 0.29) is 0 Å². The number of likely N-dealkylation sites (N-methyl/N-ethyl adjacent to an activating group) is 1. The van der Waals surface area contributed by atoms with E-state index in [1.807, 2.05) is 24.5 Å². The van der Waals surface area contributed by atoms with Crippen molar-refractivity contribution < 1.29 is 4.42 Å². The number of furan rings is 1. The lowest BCUT2D eigenvalue weighted by molar-refractivity contribution is 0.371. The second-order valence-corrected chi connectivity index (χ2v) is 6.26. The van der Waals surface area contributed by atoms with Crippen LogP contribution in [0.1, 0.15) is 17.0 Å². The van der Waals surface area contributed by atoms with Gasteiger partial charge in [-0.05, 0) is 37.7 Å². The molecule has 2 heteroatoms. The minimum Gasteiger partial charge on any atom is -0.464 e. The summed E-state index contributed by atoms with van der Waals surface area (Å²) in [6.45, 7) is 1.02. The van der Waals surface area contributed by atoms with Crippen molar-refractivity contribution in [3.63, 3.8) is 0 Å². The first-order valence-electron chi connectivity index (χ1n) is 8.05. The zero-order valence-corrected chi connectivity index (χ0v) is 13.8. The van der Waals surface area contributed by atoms with Crippen LogP contribution in [-0.2, 0) is 6.42 Å². The fourth-order valence-electron chi connectivity index (χ4n) is 2.97. The summed E-state index contributed by atoms with van der Waals surface area (Å²) in [4.78, 5) is 2.25. The molecule has 0 bridgehead atoms. The zero-order valence-electron chi connectivity index (χ0n) is 13.8. The van der Waals surface area contributed by atoms with Crippen LogP contribution in [0.4, 0.5) is 0 Å². The molecule has 1 atom stereocenters. The van der Waals surface area contributed by atoms with E-state index < -0.39 is 0 Å². The molecule has 0 saturated carbocycles. The van der Waals surface area contributed by atoms with Gasteiger partial charge >= 0.3 is 0 Å². The van der Waals surface area contributed by atoms with E-state index in [1.165, 1.54) is 11.1 Å². The summed E-state index contributed by atoms with van der Waals surface area (Å²) >= 11 is 0. The maximum Gasteiger partial charge on any atom is 0.134 e.